The number of rotatable bonds is 30. The third-order valence-electron chi connectivity index (χ3n) is 25.8. The Labute approximate surface area is 733 Å². The van der Waals surface area contributed by atoms with Crippen LogP contribution in [0.5, 0.6) is 34.5 Å². The van der Waals surface area contributed by atoms with Gasteiger partial charge in [0.25, 0.3) is 0 Å². The van der Waals surface area contributed by atoms with Gasteiger partial charge in [-0.25, -0.2) is 28.1 Å². The summed E-state index contributed by atoms with van der Waals surface area (Å²) >= 11 is 0. The molecule has 3 aromatic carbocycles. The van der Waals surface area contributed by atoms with Crippen LogP contribution in [0, 0.1) is 0 Å². The van der Waals surface area contributed by atoms with E-state index in [1.54, 1.807) is 36.4 Å². The Morgan fingerprint density at radius 2 is 0.392 bits per heavy atom. The molecule has 2 bridgehead atoms. The molecule has 9 aliphatic rings. The van der Waals surface area contributed by atoms with Gasteiger partial charge < -0.3 is 183 Å². The molecular formula is C76H108N24O30+6. The van der Waals surface area contributed by atoms with Gasteiger partial charge in [0, 0.05) is 10.8 Å². The number of aliphatic hydroxyl groups is 18. The van der Waals surface area contributed by atoms with Crippen LogP contribution in [-0.2, 0) is 78.9 Å². The van der Waals surface area contributed by atoms with E-state index in [1.807, 2.05) is 13.8 Å². The molecule has 36 N–H and O–H groups in total. The van der Waals surface area contributed by atoms with Crippen molar-refractivity contribution in [3.63, 3.8) is 0 Å². The quantitative estimate of drug-likeness (QED) is 0.0199. The topological polar surface area (TPSA) is 825 Å². The molecule has 54 nitrogen and oxygen atoms in total. The zero-order chi connectivity index (χ0) is 92.1. The third-order valence-corrected chi connectivity index (χ3v) is 25.8. The second-order valence-corrected chi connectivity index (χ2v) is 34.0. The van der Waals surface area contributed by atoms with Crippen molar-refractivity contribution in [3.05, 3.63) is 141 Å². The van der Waals surface area contributed by atoms with E-state index in [0.29, 0.717) is 33.4 Å². The van der Waals surface area contributed by atoms with E-state index < -0.39 is 234 Å². The van der Waals surface area contributed by atoms with Crippen LogP contribution in [0.1, 0.15) is 119 Å². The molecule has 54 heteroatoms. The first-order chi connectivity index (χ1) is 62.3. The second kappa shape index (κ2) is 36.9. The van der Waals surface area contributed by atoms with Crippen LogP contribution in [0.15, 0.2) is 73.6 Å². The lowest BCUT2D eigenvalue weighted by atomic mass is 9.48. The molecule has 130 heavy (non-hydrogen) atoms. The standard InChI is InChI=1S/C76H102N24O30/c1-75-33-3-39(119-21-27-9-95(89-83-27)69-51(77)63(113)57(107)45(15-101)125-69)42(122-24-30-12-98(92-86-30)72-54(80)66(116)60(110)48(18-104)128-72)6-36(33)76(2,37-7-43(123-25-31-13-99(93-87-31)73-55(81)67(117)61(111)49(19-105)129-73)40(4-34(37)75)120-22-28-10-96(90-84-28)70-52(78)64(114)58(108)46(16-102)126-70)38-8-44(124-26-32-14-100(94-88-32)74-56(82)68(118)62(112)50(20-106)130-74)41(5-35(38)75)121-23-29-11-97(91-85-29)71-53(79)65(115)59(109)47(17-103)127-71/h3-14,45-74,101-118H,15-26,77-82H2,1-2H3/p+6/t45-,46-,47-,48-,49-,50-,51-,52-,53-,54-,55-,56-,57-,58-,59-,60-,61-,62-,63-,64-,65-,66-,67-,68-,69-,70-,71-,72-,73-,74-,75?,76?/m1/s1. The maximum absolute atomic E-state index is 11.1. The number of quaternary nitrogens is 6. The molecule has 6 aromatic heterocycles. The van der Waals surface area contributed by atoms with Crippen LogP contribution >= 0.6 is 0 Å². The number of aliphatic hydroxyl groups excluding tert-OH is 18. The minimum atomic E-state index is -1.48. The summed E-state index contributed by atoms with van der Waals surface area (Å²) in [5.74, 6) is 0.421. The molecule has 0 spiro atoms. The fourth-order valence-corrected chi connectivity index (χ4v) is 18.1. The maximum Gasteiger partial charge on any atom is 0.206 e. The van der Waals surface area contributed by atoms with Crippen LogP contribution < -0.4 is 62.8 Å². The Morgan fingerprint density at radius 3 is 0.523 bits per heavy atom. The summed E-state index contributed by atoms with van der Waals surface area (Å²) in [5, 5.41) is 244. The second-order valence-electron chi connectivity index (χ2n) is 34.0. The molecule has 0 unspecified atom stereocenters. The fourth-order valence-electron chi connectivity index (χ4n) is 18.1. The SMILES string of the molecule is CC12c3cc(OCc4cn([C@@H]5O[C@H](CO)[C@@H](O)[C@H](O)[C@H]5[NH3+])nn4)c(OCc4cn([C@@H]5O[C@H](CO)[C@@H](O)[C@H](O)[C@H]5[NH3+])nn4)cc3C(C)(c3cc(OCc4cn([C@@H]5O[C@H](CO)[C@@H](O)[C@H](O)[C@H]5[NH3+])nn4)c(OCc4cn([C@@H]5O[C@H](CO)[C@@H](O)[C@H](O)[C@H]5[NH3+])nn4)cc31)c1cc(OCc3cn([C@@H]4O[C@H](CO)[C@@H](O)[C@H](O)[C@H]4[NH3+])nn3)c(OCc3cn([C@@H]4O[C@H](CO)[C@@H](O)[C@H](O)[C@H]4[NH3+])nn3)cc12. The van der Waals surface area contributed by atoms with E-state index in [9.17, 15) is 91.9 Å². The Kier molecular flexibility index (Phi) is 26.1. The highest BCUT2D eigenvalue weighted by molar-refractivity contribution is 5.79. The fraction of sp³-hybridized carbons (Fsp3) is 0.605. The highest BCUT2D eigenvalue weighted by Gasteiger charge is 2.59. The van der Waals surface area contributed by atoms with Crippen molar-refractivity contribution in [1.29, 1.82) is 0 Å². The predicted molar refractivity (Wildman–Crippen MR) is 415 cm³/mol. The first kappa shape index (κ1) is 92.0. The van der Waals surface area contributed by atoms with Gasteiger partial charge in [0.1, 0.15) is 184 Å². The molecule has 6 fully saturated rings. The zero-order valence-corrected chi connectivity index (χ0v) is 70.0. The minimum Gasteiger partial charge on any atom is -0.483 e. The minimum absolute atomic E-state index is 0.0702. The molecule has 0 saturated carbocycles. The van der Waals surface area contributed by atoms with Gasteiger partial charge in [-0.2, -0.15) is 0 Å². The summed E-state index contributed by atoms with van der Waals surface area (Å²) in [6.07, 6.45) is -23.0. The molecule has 706 valence electrons. The Hall–Kier alpha value is -9.90. The Balaban J connectivity index is 0.815. The van der Waals surface area contributed by atoms with Crippen LogP contribution in [0.4, 0.5) is 0 Å². The molecule has 30 atom stereocenters. The van der Waals surface area contributed by atoms with Gasteiger partial charge in [-0.3, -0.25) is 0 Å². The lowest BCUT2D eigenvalue weighted by Crippen LogP contribution is -2.75. The van der Waals surface area contributed by atoms with Crippen molar-refractivity contribution in [3.8, 4) is 34.5 Å². The van der Waals surface area contributed by atoms with Crippen molar-refractivity contribution in [1.82, 2.24) is 90.0 Å². The van der Waals surface area contributed by atoms with Gasteiger partial charge in [-0.05, 0) is 83.6 Å². The summed E-state index contributed by atoms with van der Waals surface area (Å²) in [5.41, 5.74) is 25.6. The predicted octanol–water partition coefficient (Wildman–Crippen LogP) is -16.6. The summed E-state index contributed by atoms with van der Waals surface area (Å²) in [6.45, 7) is -2.24. The molecule has 6 aliphatic heterocycles. The average Bonchev–Trinajstić information content (AvgIpc) is 0.700. The maximum atomic E-state index is 11.1. The number of nitrogens with zero attached hydrogens (tertiary/aromatic N) is 18. The van der Waals surface area contributed by atoms with Crippen molar-refractivity contribution in [2.24, 2.45) is 0 Å². The number of benzene rings is 3. The summed E-state index contributed by atoms with van der Waals surface area (Å²) in [6, 6.07) is 4.51. The van der Waals surface area contributed by atoms with E-state index in [4.69, 9.17) is 56.8 Å². The van der Waals surface area contributed by atoms with E-state index in [0.717, 1.165) is 0 Å². The average molecular weight is 1840 g/mol. The van der Waals surface area contributed by atoms with E-state index >= 15 is 0 Å². The smallest absolute Gasteiger partial charge is 0.206 e. The van der Waals surface area contributed by atoms with Crippen LogP contribution in [0.2, 0.25) is 0 Å². The molecule has 3 aliphatic carbocycles. The molecule has 12 heterocycles. The highest BCUT2D eigenvalue weighted by atomic mass is 16.6. The first-order valence-corrected chi connectivity index (χ1v) is 41.8. The Morgan fingerprint density at radius 1 is 0.254 bits per heavy atom. The number of hydrogen-bond donors (Lipinski definition) is 24. The van der Waals surface area contributed by atoms with Gasteiger partial charge in [-0.15, -0.1) is 30.6 Å². The number of hydrogen-bond acceptors (Lipinski definition) is 42. The lowest BCUT2D eigenvalue weighted by Gasteiger charge is -2.54. The summed E-state index contributed by atoms with van der Waals surface area (Å²) in [4.78, 5) is 0. The Bertz CT molecular complexity index is 4590. The molecular weight excluding hydrogens is 1730 g/mol. The van der Waals surface area contributed by atoms with E-state index in [1.165, 1.54) is 65.3 Å². The number of ether oxygens (including phenoxy) is 12. The lowest BCUT2D eigenvalue weighted by molar-refractivity contribution is -0.488. The molecule has 9 aromatic rings. The summed E-state index contributed by atoms with van der Waals surface area (Å²) in [7, 11) is 0. The zero-order valence-electron chi connectivity index (χ0n) is 70.0. The van der Waals surface area contributed by atoms with E-state index in [-0.39, 0.29) is 108 Å². The third kappa shape index (κ3) is 16.4. The van der Waals surface area contributed by atoms with Crippen molar-refractivity contribution < 1.29 is 183 Å². The van der Waals surface area contributed by atoms with Crippen molar-refractivity contribution in [2.45, 2.75) is 248 Å². The van der Waals surface area contributed by atoms with Crippen LogP contribution in [0.25, 0.3) is 0 Å². The van der Waals surface area contributed by atoms with Crippen LogP contribution in [0.3, 0.4) is 0 Å². The number of aromatic nitrogens is 18. The van der Waals surface area contributed by atoms with Gasteiger partial charge in [0.05, 0.1) is 76.8 Å². The molecule has 6 saturated heterocycles. The van der Waals surface area contributed by atoms with Gasteiger partial charge in [0.2, 0.25) is 37.4 Å². The van der Waals surface area contributed by atoms with E-state index in [2.05, 4.69) is 96.3 Å². The van der Waals surface area contributed by atoms with Crippen LogP contribution in [-0.4, -0.2) is 368 Å². The van der Waals surface area contributed by atoms with Gasteiger partial charge in [-0.1, -0.05) is 31.3 Å². The highest BCUT2D eigenvalue weighted by Crippen LogP contribution is 2.66. The van der Waals surface area contributed by atoms with Crippen molar-refractivity contribution >= 4 is 0 Å². The van der Waals surface area contributed by atoms with Gasteiger partial charge in [0.15, 0.2) is 70.7 Å². The molecule has 0 radical (unpaired) electrons. The largest absolute Gasteiger partial charge is 0.483 e. The van der Waals surface area contributed by atoms with Crippen molar-refractivity contribution in [2.75, 3.05) is 39.6 Å². The monoisotopic (exact) mass is 1840 g/mol. The molecule has 0 amide bonds. The first-order valence-electron chi connectivity index (χ1n) is 41.8. The summed E-state index contributed by atoms with van der Waals surface area (Å²) < 4.78 is 85.0. The van der Waals surface area contributed by atoms with Gasteiger partial charge >= 0.3 is 0 Å². The molecule has 18 rings (SSSR count). The normalized spacial score (nSPS) is 35.9.